The van der Waals surface area contributed by atoms with Crippen LogP contribution in [0, 0.1) is 0 Å². The Labute approximate surface area is 112 Å². The number of aromatic nitrogens is 2. The van der Waals surface area contributed by atoms with Gasteiger partial charge in [-0.2, -0.15) is 5.10 Å². The van der Waals surface area contributed by atoms with Crippen LogP contribution < -0.4 is 5.73 Å². The highest BCUT2D eigenvalue weighted by atomic mass is 32.2. The quantitative estimate of drug-likeness (QED) is 0.800. The molecule has 0 aromatic carbocycles. The van der Waals surface area contributed by atoms with Crippen LogP contribution in [0.25, 0.3) is 0 Å². The summed E-state index contributed by atoms with van der Waals surface area (Å²) in [5, 5.41) is 6.65. The minimum atomic E-state index is -3.02. The zero-order valence-corrected chi connectivity index (χ0v) is 11.8. The summed E-state index contributed by atoms with van der Waals surface area (Å²) in [4.78, 5) is 13.7. The van der Waals surface area contributed by atoms with Crippen LogP contribution in [0.3, 0.4) is 0 Å². The van der Waals surface area contributed by atoms with Crippen molar-refractivity contribution in [3.05, 3.63) is 11.4 Å². The normalized spacial score (nSPS) is 21.5. The zero-order valence-electron chi connectivity index (χ0n) is 11.0. The number of nitrogens with two attached hydrogens (primary N) is 1. The Balaban J connectivity index is 2.17. The average Bonchev–Trinajstić information content (AvgIpc) is 2.90. The number of carbonyl (C=O) groups is 1. The third-order valence-corrected chi connectivity index (χ3v) is 5.27. The molecule has 106 valence electrons. The lowest BCUT2D eigenvalue weighted by Crippen LogP contribution is -2.38. The maximum Gasteiger partial charge on any atom is 0.276 e. The van der Waals surface area contributed by atoms with Crippen molar-refractivity contribution in [3.63, 3.8) is 0 Å². The number of anilines is 1. The lowest BCUT2D eigenvalue weighted by atomic mass is 10.2. The van der Waals surface area contributed by atoms with E-state index in [1.54, 1.807) is 7.05 Å². The van der Waals surface area contributed by atoms with E-state index in [9.17, 15) is 13.2 Å². The van der Waals surface area contributed by atoms with Crippen LogP contribution in [0.2, 0.25) is 0 Å². The maximum atomic E-state index is 12.3. The Morgan fingerprint density at radius 1 is 1.58 bits per heavy atom. The molecule has 1 unspecified atom stereocenters. The van der Waals surface area contributed by atoms with Gasteiger partial charge >= 0.3 is 0 Å². The van der Waals surface area contributed by atoms with E-state index >= 15 is 0 Å². The molecule has 0 spiro atoms. The van der Waals surface area contributed by atoms with Gasteiger partial charge in [0, 0.05) is 13.1 Å². The topological polar surface area (TPSA) is 109 Å². The van der Waals surface area contributed by atoms with E-state index in [0.717, 1.165) is 5.69 Å². The summed E-state index contributed by atoms with van der Waals surface area (Å²) >= 11 is 0. The first-order valence-corrected chi connectivity index (χ1v) is 7.98. The Morgan fingerprint density at radius 3 is 2.74 bits per heavy atom. The van der Waals surface area contributed by atoms with E-state index in [-0.39, 0.29) is 29.1 Å². The fourth-order valence-corrected chi connectivity index (χ4v) is 4.01. The standard InChI is InChI=1S/C11H18N4O3S/c1-3-8-9(12)10(14-13-8)11(16)15(2)7-4-5-19(17,18)6-7/h7H,3-6,12H2,1-2H3,(H,13,14). The average molecular weight is 286 g/mol. The molecule has 19 heavy (non-hydrogen) atoms. The molecule has 3 N–H and O–H groups in total. The van der Waals surface area contributed by atoms with Crippen LogP contribution in [0.1, 0.15) is 29.5 Å². The summed E-state index contributed by atoms with van der Waals surface area (Å²) in [5.41, 5.74) is 7.08. The number of aryl methyl sites for hydroxylation is 1. The van der Waals surface area contributed by atoms with Gasteiger partial charge in [0.15, 0.2) is 15.5 Å². The number of sulfone groups is 1. The molecule has 0 radical (unpaired) electrons. The molecule has 1 fully saturated rings. The highest BCUT2D eigenvalue weighted by molar-refractivity contribution is 7.91. The predicted octanol–water partition coefficient (Wildman–Crippen LogP) is -0.187. The van der Waals surface area contributed by atoms with E-state index in [1.807, 2.05) is 6.92 Å². The van der Waals surface area contributed by atoms with Gasteiger partial charge in [-0.25, -0.2) is 8.42 Å². The van der Waals surface area contributed by atoms with Gasteiger partial charge in [-0.05, 0) is 12.8 Å². The third kappa shape index (κ3) is 2.58. The minimum Gasteiger partial charge on any atom is -0.395 e. The summed E-state index contributed by atoms with van der Waals surface area (Å²) in [6.07, 6.45) is 1.13. The summed E-state index contributed by atoms with van der Waals surface area (Å²) in [7, 11) is -1.43. The number of hydrogen-bond acceptors (Lipinski definition) is 5. The highest BCUT2D eigenvalue weighted by Gasteiger charge is 2.34. The molecular formula is C11H18N4O3S. The van der Waals surface area contributed by atoms with E-state index in [1.165, 1.54) is 4.90 Å². The van der Waals surface area contributed by atoms with E-state index in [4.69, 9.17) is 5.73 Å². The predicted molar refractivity (Wildman–Crippen MR) is 71.5 cm³/mol. The number of nitrogens with one attached hydrogen (secondary N) is 1. The number of amides is 1. The monoisotopic (exact) mass is 286 g/mol. The molecular weight excluding hydrogens is 268 g/mol. The first-order valence-electron chi connectivity index (χ1n) is 6.16. The molecule has 7 nitrogen and oxygen atoms in total. The minimum absolute atomic E-state index is 0.0141. The molecule has 0 aliphatic carbocycles. The Morgan fingerprint density at radius 2 is 2.26 bits per heavy atom. The Kier molecular flexibility index (Phi) is 3.53. The van der Waals surface area contributed by atoms with Gasteiger partial charge < -0.3 is 10.6 Å². The largest absolute Gasteiger partial charge is 0.395 e. The van der Waals surface area contributed by atoms with Gasteiger partial charge in [0.2, 0.25) is 0 Å². The second kappa shape index (κ2) is 4.84. The SMILES string of the molecule is CCc1[nH]nc(C(=O)N(C)C2CCS(=O)(=O)C2)c1N. The molecule has 2 rings (SSSR count). The molecule has 1 aromatic rings. The lowest BCUT2D eigenvalue weighted by Gasteiger charge is -2.22. The van der Waals surface area contributed by atoms with Gasteiger partial charge in [-0.3, -0.25) is 9.89 Å². The molecule has 1 aromatic heterocycles. The van der Waals surface area contributed by atoms with Crippen LogP contribution in [-0.2, 0) is 16.3 Å². The molecule has 1 aliphatic heterocycles. The highest BCUT2D eigenvalue weighted by Crippen LogP contribution is 2.21. The second-order valence-electron chi connectivity index (χ2n) is 4.79. The van der Waals surface area contributed by atoms with Crippen molar-refractivity contribution in [1.29, 1.82) is 0 Å². The molecule has 1 amide bonds. The second-order valence-corrected chi connectivity index (χ2v) is 7.02. The molecule has 2 heterocycles. The smallest absolute Gasteiger partial charge is 0.276 e. The van der Waals surface area contributed by atoms with Crippen LogP contribution in [-0.4, -0.2) is 54.0 Å². The fourth-order valence-electron chi connectivity index (χ4n) is 2.23. The van der Waals surface area contributed by atoms with Crippen molar-refractivity contribution in [1.82, 2.24) is 15.1 Å². The fraction of sp³-hybridized carbons (Fsp3) is 0.636. The van der Waals surface area contributed by atoms with E-state index in [0.29, 0.717) is 18.5 Å². The van der Waals surface area contributed by atoms with Crippen LogP contribution >= 0.6 is 0 Å². The van der Waals surface area contributed by atoms with Crippen LogP contribution in [0.5, 0.6) is 0 Å². The molecule has 8 heteroatoms. The number of H-pyrrole nitrogens is 1. The number of hydrogen-bond donors (Lipinski definition) is 2. The first-order chi connectivity index (χ1) is 8.85. The number of nitrogen functional groups attached to an aromatic ring is 1. The van der Waals surface area contributed by atoms with Crippen molar-refractivity contribution < 1.29 is 13.2 Å². The number of carbonyl (C=O) groups excluding carboxylic acids is 1. The summed E-state index contributed by atoms with van der Waals surface area (Å²) < 4.78 is 22.9. The van der Waals surface area contributed by atoms with Crippen LogP contribution in [0.4, 0.5) is 5.69 Å². The lowest BCUT2D eigenvalue weighted by molar-refractivity contribution is 0.0743. The van der Waals surface area contributed by atoms with Gasteiger partial charge in [0.1, 0.15) is 0 Å². The van der Waals surface area contributed by atoms with Crippen molar-refractivity contribution in [2.24, 2.45) is 0 Å². The van der Waals surface area contributed by atoms with Crippen molar-refractivity contribution in [3.8, 4) is 0 Å². The Hall–Kier alpha value is -1.57. The van der Waals surface area contributed by atoms with Gasteiger partial charge in [-0.15, -0.1) is 0 Å². The maximum absolute atomic E-state index is 12.3. The zero-order chi connectivity index (χ0) is 14.2. The molecule has 0 bridgehead atoms. The number of rotatable bonds is 3. The summed E-state index contributed by atoms with van der Waals surface area (Å²) in [6.45, 7) is 1.91. The van der Waals surface area contributed by atoms with Gasteiger partial charge in [0.25, 0.3) is 5.91 Å². The number of nitrogens with zero attached hydrogens (tertiary/aromatic N) is 2. The number of aromatic amines is 1. The van der Waals surface area contributed by atoms with Crippen molar-refractivity contribution in [2.75, 3.05) is 24.3 Å². The van der Waals surface area contributed by atoms with Gasteiger partial charge in [-0.1, -0.05) is 6.92 Å². The van der Waals surface area contributed by atoms with Crippen LogP contribution in [0.15, 0.2) is 0 Å². The van der Waals surface area contributed by atoms with Crippen molar-refractivity contribution in [2.45, 2.75) is 25.8 Å². The molecule has 1 aliphatic rings. The van der Waals surface area contributed by atoms with Crippen molar-refractivity contribution >= 4 is 21.4 Å². The first kappa shape index (κ1) is 13.9. The van der Waals surface area contributed by atoms with E-state index in [2.05, 4.69) is 10.2 Å². The van der Waals surface area contributed by atoms with Gasteiger partial charge in [0.05, 0.1) is 22.9 Å². The third-order valence-electron chi connectivity index (χ3n) is 3.52. The molecule has 1 atom stereocenters. The molecule has 0 saturated carbocycles. The summed E-state index contributed by atoms with van der Waals surface area (Å²) in [5.74, 6) is -0.193. The van der Waals surface area contributed by atoms with E-state index < -0.39 is 9.84 Å². The summed E-state index contributed by atoms with van der Waals surface area (Å²) in [6, 6.07) is -0.293. The molecule has 1 saturated heterocycles. The Bertz CT molecular complexity index is 593.